The van der Waals surface area contributed by atoms with Crippen LogP contribution in [0, 0.1) is 5.92 Å². The summed E-state index contributed by atoms with van der Waals surface area (Å²) in [5.74, 6) is 0.668. The number of Topliss-reactive ketones (excluding diaryl/α,β-unsaturated/α-hetero) is 1. The lowest BCUT2D eigenvalue weighted by molar-refractivity contribution is 0.101. The third-order valence-corrected chi connectivity index (χ3v) is 2.79. The molecule has 0 saturated heterocycles. The van der Waals surface area contributed by atoms with Gasteiger partial charge in [-0.2, -0.15) is 0 Å². The van der Waals surface area contributed by atoms with E-state index in [4.69, 9.17) is 5.73 Å². The first-order valence-corrected chi connectivity index (χ1v) is 5.21. The Kier molecular flexibility index (Phi) is 3.09. The summed E-state index contributed by atoms with van der Waals surface area (Å²) in [5.41, 5.74) is 6.40. The number of ketones is 1. The van der Waals surface area contributed by atoms with Crippen LogP contribution in [0.25, 0.3) is 0 Å². The Bertz CT molecular complexity index is 315. The third-order valence-electron chi connectivity index (χ3n) is 1.80. The number of carbonyl (C=O) groups is 1. The number of nitrogens with two attached hydrogens (primary N) is 1. The van der Waals surface area contributed by atoms with Crippen molar-refractivity contribution < 1.29 is 4.79 Å². The van der Waals surface area contributed by atoms with Crippen LogP contribution in [-0.4, -0.2) is 5.78 Å². The van der Waals surface area contributed by atoms with E-state index in [1.807, 2.05) is 6.07 Å². The fourth-order valence-electron chi connectivity index (χ4n) is 1.24. The molecule has 3 heteroatoms. The molecule has 0 saturated carbocycles. The first-order valence-electron chi connectivity index (χ1n) is 4.39. The van der Waals surface area contributed by atoms with Crippen LogP contribution in [0.1, 0.15) is 36.0 Å². The highest BCUT2D eigenvalue weighted by atomic mass is 32.1. The zero-order valence-electron chi connectivity index (χ0n) is 8.26. The summed E-state index contributed by atoms with van der Waals surface area (Å²) >= 11 is 1.53. The molecule has 2 N–H and O–H groups in total. The van der Waals surface area contributed by atoms with Crippen molar-refractivity contribution >= 4 is 22.1 Å². The van der Waals surface area contributed by atoms with Crippen LogP contribution < -0.4 is 5.73 Å². The summed E-state index contributed by atoms with van der Waals surface area (Å²) in [5, 5.41) is 0.656. The average molecular weight is 197 g/mol. The van der Waals surface area contributed by atoms with Crippen LogP contribution in [0.2, 0.25) is 0 Å². The van der Waals surface area contributed by atoms with Gasteiger partial charge in [-0.25, -0.2) is 0 Å². The molecule has 72 valence electrons. The normalized spacial score (nSPS) is 10.8. The quantitative estimate of drug-likeness (QED) is 0.757. The van der Waals surface area contributed by atoms with Gasteiger partial charge < -0.3 is 5.73 Å². The van der Waals surface area contributed by atoms with Gasteiger partial charge in [-0.05, 0) is 25.3 Å². The SMILES string of the molecule is CC(=O)c1cc(CC(C)C)sc1N. The molecule has 1 aromatic heterocycles. The van der Waals surface area contributed by atoms with E-state index in [9.17, 15) is 4.79 Å². The van der Waals surface area contributed by atoms with Gasteiger partial charge in [-0.15, -0.1) is 11.3 Å². The largest absolute Gasteiger partial charge is 0.390 e. The second-order valence-electron chi connectivity index (χ2n) is 3.64. The number of anilines is 1. The van der Waals surface area contributed by atoms with Crippen LogP contribution in [0.5, 0.6) is 0 Å². The Morgan fingerprint density at radius 1 is 1.62 bits per heavy atom. The molecule has 0 aliphatic carbocycles. The van der Waals surface area contributed by atoms with Gasteiger partial charge in [0.05, 0.1) is 10.6 Å². The fraction of sp³-hybridized carbons (Fsp3) is 0.500. The van der Waals surface area contributed by atoms with E-state index in [1.54, 1.807) is 6.92 Å². The molecule has 1 heterocycles. The number of carbonyl (C=O) groups excluding carboxylic acids is 1. The van der Waals surface area contributed by atoms with Gasteiger partial charge in [0.2, 0.25) is 0 Å². The zero-order chi connectivity index (χ0) is 10.0. The van der Waals surface area contributed by atoms with Crippen molar-refractivity contribution in [2.24, 2.45) is 5.92 Å². The number of nitrogen functional groups attached to an aromatic ring is 1. The zero-order valence-corrected chi connectivity index (χ0v) is 9.07. The first kappa shape index (κ1) is 10.3. The van der Waals surface area contributed by atoms with Gasteiger partial charge in [0.1, 0.15) is 0 Å². The van der Waals surface area contributed by atoms with Gasteiger partial charge in [0.15, 0.2) is 5.78 Å². The van der Waals surface area contributed by atoms with Gasteiger partial charge in [0, 0.05) is 4.88 Å². The van der Waals surface area contributed by atoms with E-state index in [-0.39, 0.29) is 5.78 Å². The highest BCUT2D eigenvalue weighted by Crippen LogP contribution is 2.27. The maximum Gasteiger partial charge on any atom is 0.162 e. The molecule has 0 atom stereocenters. The molecular weight excluding hydrogens is 182 g/mol. The van der Waals surface area contributed by atoms with Gasteiger partial charge in [0.25, 0.3) is 0 Å². The monoisotopic (exact) mass is 197 g/mol. The van der Waals surface area contributed by atoms with Crippen LogP contribution >= 0.6 is 11.3 Å². The number of rotatable bonds is 3. The Morgan fingerprint density at radius 3 is 2.62 bits per heavy atom. The maximum atomic E-state index is 11.1. The summed E-state index contributed by atoms with van der Waals surface area (Å²) < 4.78 is 0. The van der Waals surface area contributed by atoms with Crippen molar-refractivity contribution in [3.05, 3.63) is 16.5 Å². The molecule has 0 spiro atoms. The van der Waals surface area contributed by atoms with E-state index < -0.39 is 0 Å². The van der Waals surface area contributed by atoms with Crippen LogP contribution in [0.4, 0.5) is 5.00 Å². The van der Waals surface area contributed by atoms with Crippen LogP contribution in [0.15, 0.2) is 6.07 Å². The molecule has 1 rings (SSSR count). The molecule has 2 nitrogen and oxygen atoms in total. The lowest BCUT2D eigenvalue weighted by Gasteiger charge is -1.98. The van der Waals surface area contributed by atoms with E-state index in [0.29, 0.717) is 16.5 Å². The van der Waals surface area contributed by atoms with Crippen molar-refractivity contribution in [1.29, 1.82) is 0 Å². The highest BCUT2D eigenvalue weighted by molar-refractivity contribution is 7.16. The second kappa shape index (κ2) is 3.92. The Balaban J connectivity index is 2.89. The summed E-state index contributed by atoms with van der Waals surface area (Å²) in [6.07, 6.45) is 1.00. The van der Waals surface area contributed by atoms with E-state index >= 15 is 0 Å². The van der Waals surface area contributed by atoms with Crippen molar-refractivity contribution in [1.82, 2.24) is 0 Å². The molecular formula is C10H15NOS. The molecule has 0 bridgehead atoms. The maximum absolute atomic E-state index is 11.1. The van der Waals surface area contributed by atoms with Crippen LogP contribution in [-0.2, 0) is 6.42 Å². The molecule has 0 aromatic carbocycles. The molecule has 0 aliphatic heterocycles. The second-order valence-corrected chi connectivity index (χ2v) is 4.81. The molecule has 0 radical (unpaired) electrons. The molecule has 0 fully saturated rings. The van der Waals surface area contributed by atoms with E-state index in [0.717, 1.165) is 6.42 Å². The molecule has 0 amide bonds. The third kappa shape index (κ3) is 2.56. The van der Waals surface area contributed by atoms with Crippen molar-refractivity contribution in [2.45, 2.75) is 27.2 Å². The van der Waals surface area contributed by atoms with E-state index in [2.05, 4.69) is 13.8 Å². The summed E-state index contributed by atoms with van der Waals surface area (Å²) in [6, 6.07) is 1.92. The number of hydrogen-bond acceptors (Lipinski definition) is 3. The molecule has 0 aliphatic rings. The molecule has 1 aromatic rings. The minimum Gasteiger partial charge on any atom is -0.390 e. The van der Waals surface area contributed by atoms with Gasteiger partial charge in [-0.1, -0.05) is 13.8 Å². The minimum atomic E-state index is 0.0590. The smallest absolute Gasteiger partial charge is 0.162 e. The Morgan fingerprint density at radius 2 is 2.23 bits per heavy atom. The number of hydrogen-bond donors (Lipinski definition) is 1. The molecule has 13 heavy (non-hydrogen) atoms. The summed E-state index contributed by atoms with van der Waals surface area (Å²) in [4.78, 5) is 12.3. The average Bonchev–Trinajstić information content (AvgIpc) is 2.29. The summed E-state index contributed by atoms with van der Waals surface area (Å²) in [7, 11) is 0. The predicted molar refractivity (Wildman–Crippen MR) is 57.3 cm³/mol. The van der Waals surface area contributed by atoms with Crippen LogP contribution in [0.3, 0.4) is 0 Å². The van der Waals surface area contributed by atoms with Gasteiger partial charge >= 0.3 is 0 Å². The Labute approximate surface area is 82.8 Å². The van der Waals surface area contributed by atoms with Crippen molar-refractivity contribution in [2.75, 3.05) is 5.73 Å². The predicted octanol–water partition coefficient (Wildman–Crippen LogP) is 2.73. The molecule has 0 unspecified atom stereocenters. The van der Waals surface area contributed by atoms with Gasteiger partial charge in [-0.3, -0.25) is 4.79 Å². The lowest BCUT2D eigenvalue weighted by Crippen LogP contribution is -1.94. The van der Waals surface area contributed by atoms with E-state index in [1.165, 1.54) is 16.2 Å². The standard InChI is InChI=1S/C10H15NOS/c1-6(2)4-8-5-9(7(3)12)10(11)13-8/h5-6H,4,11H2,1-3H3. The first-order chi connectivity index (χ1) is 6.00. The van der Waals surface area contributed by atoms with Crippen molar-refractivity contribution in [3.63, 3.8) is 0 Å². The van der Waals surface area contributed by atoms with Crippen molar-refractivity contribution in [3.8, 4) is 0 Å². The lowest BCUT2D eigenvalue weighted by atomic mass is 10.1. The minimum absolute atomic E-state index is 0.0590. The summed E-state index contributed by atoms with van der Waals surface area (Å²) in [6.45, 7) is 5.87. The number of thiophene rings is 1. The topological polar surface area (TPSA) is 43.1 Å². The Hall–Kier alpha value is -0.830. The fourth-order valence-corrected chi connectivity index (χ4v) is 2.42. The highest BCUT2D eigenvalue weighted by Gasteiger charge is 2.10.